The first-order valence-electron chi connectivity index (χ1n) is 2.64. The second-order valence-corrected chi connectivity index (χ2v) is 3.90. The molecule has 0 atom stereocenters. The van der Waals surface area contributed by atoms with Crippen LogP contribution in [0.15, 0.2) is 0 Å². The van der Waals surface area contributed by atoms with Gasteiger partial charge in [-0.05, 0) is 0 Å². The van der Waals surface area contributed by atoms with Crippen LogP contribution in [0.2, 0.25) is 0 Å². The van der Waals surface area contributed by atoms with Crippen molar-refractivity contribution < 1.29 is 8.42 Å². The van der Waals surface area contributed by atoms with Crippen molar-refractivity contribution in [1.82, 2.24) is 4.31 Å². The quantitative estimate of drug-likeness (QED) is 0.493. The van der Waals surface area contributed by atoms with Gasteiger partial charge < -0.3 is 0 Å². The molecule has 48 valence electrons. The van der Waals surface area contributed by atoms with Crippen LogP contribution in [0.5, 0.6) is 0 Å². The fraction of sp³-hybridized carbons (Fsp3) is 1.00. The monoisotopic (exact) mass is 135 g/mol. The normalized spacial score (nSPS) is 27.1. The number of sulfonamides is 1. The molecule has 4 heteroatoms. The van der Waals surface area contributed by atoms with E-state index in [9.17, 15) is 8.42 Å². The van der Waals surface area contributed by atoms with Crippen molar-refractivity contribution in [2.75, 3.05) is 18.8 Å². The average Bonchev–Trinajstić information content (AvgIpc) is 1.66. The molecular formula is C4H9NO2S. The lowest BCUT2D eigenvalue weighted by Gasteiger charge is -2.28. The largest absolute Gasteiger partial charge is 0.215 e. The van der Waals surface area contributed by atoms with Crippen molar-refractivity contribution in [2.45, 2.75) is 6.92 Å². The van der Waals surface area contributed by atoms with Crippen molar-refractivity contribution in [3.8, 4) is 0 Å². The highest BCUT2D eigenvalue weighted by Crippen LogP contribution is 2.10. The summed E-state index contributed by atoms with van der Waals surface area (Å²) in [5, 5.41) is 0. The van der Waals surface area contributed by atoms with E-state index >= 15 is 0 Å². The van der Waals surface area contributed by atoms with Gasteiger partial charge in [-0.2, -0.15) is 0 Å². The van der Waals surface area contributed by atoms with Crippen molar-refractivity contribution in [3.63, 3.8) is 0 Å². The van der Waals surface area contributed by atoms with Crippen molar-refractivity contribution in [1.29, 1.82) is 0 Å². The van der Waals surface area contributed by atoms with Crippen LogP contribution in [0.1, 0.15) is 6.92 Å². The van der Waals surface area contributed by atoms with Crippen molar-refractivity contribution in [2.24, 2.45) is 0 Å². The first-order chi connectivity index (χ1) is 3.67. The zero-order valence-corrected chi connectivity index (χ0v) is 5.61. The first kappa shape index (κ1) is 6.04. The van der Waals surface area contributed by atoms with Gasteiger partial charge in [0.05, 0.1) is 5.75 Å². The topological polar surface area (TPSA) is 37.4 Å². The molecule has 1 saturated heterocycles. The maximum atomic E-state index is 10.6. The van der Waals surface area contributed by atoms with Crippen LogP contribution in [0.25, 0.3) is 0 Å². The number of nitrogens with zero attached hydrogens (tertiary/aromatic N) is 1. The summed E-state index contributed by atoms with van der Waals surface area (Å²) in [6.07, 6.45) is 0. The highest BCUT2D eigenvalue weighted by molar-refractivity contribution is 7.90. The van der Waals surface area contributed by atoms with Gasteiger partial charge in [0.2, 0.25) is 10.0 Å². The molecule has 1 heterocycles. The second-order valence-electron chi connectivity index (χ2n) is 1.81. The van der Waals surface area contributed by atoms with E-state index in [2.05, 4.69) is 0 Å². The lowest BCUT2D eigenvalue weighted by Crippen LogP contribution is -2.47. The summed E-state index contributed by atoms with van der Waals surface area (Å²) in [5.41, 5.74) is 0. The minimum atomic E-state index is -2.74. The second kappa shape index (κ2) is 1.70. The summed E-state index contributed by atoms with van der Waals surface area (Å²) < 4.78 is 22.6. The van der Waals surface area contributed by atoms with E-state index in [1.165, 1.54) is 4.31 Å². The fourth-order valence-electron chi connectivity index (χ4n) is 0.724. The van der Waals surface area contributed by atoms with Crippen LogP contribution in [0, 0.1) is 0 Å². The standard InChI is InChI=1S/C4H9NO2S/c1-2-5-3-4-8(5,6)7/h2-4H2,1H3. The summed E-state index contributed by atoms with van der Waals surface area (Å²) >= 11 is 0. The summed E-state index contributed by atoms with van der Waals surface area (Å²) in [4.78, 5) is 0. The van der Waals surface area contributed by atoms with Gasteiger partial charge in [-0.3, -0.25) is 0 Å². The lowest BCUT2D eigenvalue weighted by molar-refractivity contribution is 0.400. The summed E-state index contributed by atoms with van der Waals surface area (Å²) in [6, 6.07) is 0. The van der Waals surface area contributed by atoms with Gasteiger partial charge in [-0.15, -0.1) is 0 Å². The Morgan fingerprint density at radius 2 is 2.25 bits per heavy atom. The first-order valence-corrected chi connectivity index (χ1v) is 4.25. The Kier molecular flexibility index (Phi) is 1.28. The predicted octanol–water partition coefficient (Wildman–Crippen LogP) is -0.348. The Hall–Kier alpha value is -0.0900. The van der Waals surface area contributed by atoms with E-state index < -0.39 is 10.0 Å². The zero-order chi connectivity index (χ0) is 6.20. The molecule has 0 unspecified atom stereocenters. The van der Waals surface area contributed by atoms with Crippen LogP contribution < -0.4 is 0 Å². The van der Waals surface area contributed by atoms with Gasteiger partial charge in [0.25, 0.3) is 0 Å². The molecule has 3 nitrogen and oxygen atoms in total. The van der Waals surface area contributed by atoms with Crippen LogP contribution in [-0.4, -0.2) is 31.6 Å². The maximum absolute atomic E-state index is 10.6. The average molecular weight is 135 g/mol. The fourth-order valence-corrected chi connectivity index (χ4v) is 1.86. The molecule has 1 fully saturated rings. The molecule has 0 aromatic rings. The third-order valence-electron chi connectivity index (χ3n) is 1.34. The molecule has 0 amide bonds. The van der Waals surface area contributed by atoms with Crippen LogP contribution >= 0.6 is 0 Å². The molecule has 1 aliphatic heterocycles. The van der Waals surface area contributed by atoms with Crippen LogP contribution in [0.3, 0.4) is 0 Å². The van der Waals surface area contributed by atoms with Gasteiger partial charge in [0.15, 0.2) is 0 Å². The minimum absolute atomic E-state index is 0.348. The molecule has 0 aromatic carbocycles. The molecule has 0 spiro atoms. The molecular weight excluding hydrogens is 126 g/mol. The van der Waals surface area contributed by atoms with Gasteiger partial charge in [0.1, 0.15) is 0 Å². The van der Waals surface area contributed by atoms with E-state index in [4.69, 9.17) is 0 Å². The molecule has 0 radical (unpaired) electrons. The van der Waals surface area contributed by atoms with E-state index in [1.54, 1.807) is 0 Å². The summed E-state index contributed by atoms with van der Waals surface area (Å²) in [5.74, 6) is 0.348. The third-order valence-corrected chi connectivity index (χ3v) is 3.27. The smallest absolute Gasteiger partial charge is 0.212 e. The summed E-state index contributed by atoms with van der Waals surface area (Å²) in [7, 11) is -2.74. The van der Waals surface area contributed by atoms with Crippen molar-refractivity contribution in [3.05, 3.63) is 0 Å². The lowest BCUT2D eigenvalue weighted by atomic mass is 10.6. The molecule has 8 heavy (non-hydrogen) atoms. The zero-order valence-electron chi connectivity index (χ0n) is 4.79. The van der Waals surface area contributed by atoms with Crippen molar-refractivity contribution >= 4 is 10.0 Å². The van der Waals surface area contributed by atoms with E-state index in [-0.39, 0.29) is 0 Å². The molecule has 0 bridgehead atoms. The molecule has 0 aliphatic carbocycles. The predicted molar refractivity (Wildman–Crippen MR) is 31.0 cm³/mol. The Balaban J connectivity index is 2.64. The van der Waals surface area contributed by atoms with Gasteiger partial charge in [0, 0.05) is 13.1 Å². The Labute approximate surface area is 49.3 Å². The van der Waals surface area contributed by atoms with Crippen LogP contribution in [0.4, 0.5) is 0 Å². The molecule has 0 N–H and O–H groups in total. The van der Waals surface area contributed by atoms with Crippen LogP contribution in [-0.2, 0) is 10.0 Å². The number of hydrogen-bond acceptors (Lipinski definition) is 2. The van der Waals surface area contributed by atoms with E-state index in [1.807, 2.05) is 6.92 Å². The van der Waals surface area contributed by atoms with E-state index in [0.717, 1.165) is 6.54 Å². The van der Waals surface area contributed by atoms with Gasteiger partial charge in [-0.1, -0.05) is 6.92 Å². The molecule has 0 aromatic heterocycles. The molecule has 0 saturated carbocycles. The van der Waals surface area contributed by atoms with Gasteiger partial charge in [-0.25, -0.2) is 12.7 Å². The number of rotatable bonds is 1. The van der Waals surface area contributed by atoms with E-state index in [0.29, 0.717) is 12.3 Å². The van der Waals surface area contributed by atoms with Gasteiger partial charge >= 0.3 is 0 Å². The summed E-state index contributed by atoms with van der Waals surface area (Å²) in [6.45, 7) is 3.19. The third kappa shape index (κ3) is 0.736. The highest BCUT2D eigenvalue weighted by Gasteiger charge is 2.30. The Morgan fingerprint density at radius 3 is 2.25 bits per heavy atom. The maximum Gasteiger partial charge on any atom is 0.215 e. The molecule has 1 rings (SSSR count). The minimum Gasteiger partial charge on any atom is -0.212 e. The Morgan fingerprint density at radius 1 is 1.62 bits per heavy atom. The molecule has 1 aliphatic rings. The highest BCUT2D eigenvalue weighted by atomic mass is 32.2. The number of hydrogen-bond donors (Lipinski definition) is 0. The Bertz CT molecular complexity index is 170. The SMILES string of the molecule is CCN1CCS1(=O)=O.